The summed E-state index contributed by atoms with van der Waals surface area (Å²) in [5, 5.41) is 16.8. The Hall–Kier alpha value is -8.50. The van der Waals surface area contributed by atoms with Crippen molar-refractivity contribution in [2.75, 3.05) is 0 Å². The molecule has 0 fully saturated rings. The summed E-state index contributed by atoms with van der Waals surface area (Å²) in [6.07, 6.45) is 0. The highest BCUT2D eigenvalue weighted by Crippen LogP contribution is 2.51. The van der Waals surface area contributed by atoms with E-state index in [2.05, 4.69) is 206 Å². The molecule has 3 heterocycles. The van der Waals surface area contributed by atoms with Gasteiger partial charge in [-0.1, -0.05) is 194 Å². The van der Waals surface area contributed by atoms with Crippen LogP contribution in [0.25, 0.3) is 152 Å². The van der Waals surface area contributed by atoms with Crippen molar-refractivity contribution >= 4 is 118 Å². The lowest BCUT2D eigenvalue weighted by Crippen LogP contribution is -1.92. The molecule has 0 aliphatic heterocycles. The Morgan fingerprint density at radius 1 is 0.254 bits per heavy atom. The molecule has 2 nitrogen and oxygen atoms in total. The molecule has 0 N–H and O–H groups in total. The third-order valence-electron chi connectivity index (χ3n) is 14.3. The van der Waals surface area contributed by atoms with E-state index in [9.17, 15) is 0 Å². The molecule has 310 valence electrons. The van der Waals surface area contributed by atoms with E-state index in [1.54, 1.807) is 0 Å². The Morgan fingerprint density at radius 2 is 0.627 bits per heavy atom. The van der Waals surface area contributed by atoms with Crippen LogP contribution in [0, 0.1) is 0 Å². The van der Waals surface area contributed by atoms with E-state index in [4.69, 9.17) is 8.83 Å². The van der Waals surface area contributed by atoms with E-state index in [-0.39, 0.29) is 0 Å². The smallest absolute Gasteiger partial charge is 0.143 e. The van der Waals surface area contributed by atoms with E-state index in [1.165, 1.54) is 96.6 Å². The van der Waals surface area contributed by atoms with Gasteiger partial charge >= 0.3 is 0 Å². The second kappa shape index (κ2) is 14.0. The minimum atomic E-state index is 0.907. The molecule has 0 spiro atoms. The molecule has 0 amide bonds. The van der Waals surface area contributed by atoms with Crippen molar-refractivity contribution in [1.29, 1.82) is 0 Å². The highest BCUT2D eigenvalue weighted by Gasteiger charge is 2.24. The first-order valence-corrected chi connectivity index (χ1v) is 23.7. The third-order valence-corrected chi connectivity index (χ3v) is 15.4. The maximum atomic E-state index is 6.68. The molecule has 3 aromatic heterocycles. The first kappa shape index (κ1) is 36.8. The lowest BCUT2D eigenvalue weighted by atomic mass is 9.84. The average Bonchev–Trinajstić information content (AvgIpc) is 4.09. The van der Waals surface area contributed by atoms with Crippen LogP contribution in [0.1, 0.15) is 0 Å². The molecule has 3 heteroatoms. The molecule has 0 aliphatic carbocycles. The zero-order chi connectivity index (χ0) is 43.7. The molecule has 12 aromatic carbocycles. The van der Waals surface area contributed by atoms with Crippen molar-refractivity contribution in [2.45, 2.75) is 0 Å². The maximum absolute atomic E-state index is 6.68. The minimum Gasteiger partial charge on any atom is -0.455 e. The Bertz CT molecular complexity index is 4470. The highest BCUT2D eigenvalue weighted by atomic mass is 32.1. The van der Waals surface area contributed by atoms with Crippen LogP contribution in [-0.4, -0.2) is 0 Å². The molecular formula is C64H36O2S. The van der Waals surface area contributed by atoms with Gasteiger partial charge in [0.1, 0.15) is 22.3 Å². The topological polar surface area (TPSA) is 26.3 Å². The van der Waals surface area contributed by atoms with Gasteiger partial charge in [0, 0.05) is 64.0 Å². The quantitative estimate of drug-likeness (QED) is 0.165. The molecule has 67 heavy (non-hydrogen) atoms. The molecule has 0 unspecified atom stereocenters. The van der Waals surface area contributed by atoms with Gasteiger partial charge in [0.15, 0.2) is 0 Å². The summed E-state index contributed by atoms with van der Waals surface area (Å²) in [4.78, 5) is 0. The fourth-order valence-corrected chi connectivity index (χ4v) is 12.7. The molecule has 15 aromatic rings. The molecule has 0 aliphatic rings. The number of hydrogen-bond donors (Lipinski definition) is 0. The van der Waals surface area contributed by atoms with Crippen LogP contribution in [0.4, 0.5) is 0 Å². The predicted molar refractivity (Wildman–Crippen MR) is 286 cm³/mol. The van der Waals surface area contributed by atoms with Gasteiger partial charge in [0.25, 0.3) is 0 Å². The summed E-state index contributed by atoms with van der Waals surface area (Å²) in [7, 11) is 0. The van der Waals surface area contributed by atoms with Crippen LogP contribution in [0.2, 0.25) is 0 Å². The van der Waals surface area contributed by atoms with E-state index >= 15 is 0 Å². The zero-order valence-corrected chi connectivity index (χ0v) is 36.8. The van der Waals surface area contributed by atoms with Crippen LogP contribution in [-0.2, 0) is 0 Å². The van der Waals surface area contributed by atoms with Crippen LogP contribution >= 0.6 is 11.3 Å². The fourth-order valence-electron chi connectivity index (χ4n) is 11.5. The fraction of sp³-hybridized carbons (Fsp3) is 0. The third kappa shape index (κ3) is 5.20. The Labute approximate surface area is 388 Å². The zero-order valence-electron chi connectivity index (χ0n) is 36.0. The Morgan fingerprint density at radius 3 is 1.10 bits per heavy atom. The lowest BCUT2D eigenvalue weighted by molar-refractivity contribution is 0.669. The number of benzene rings is 12. The first-order valence-electron chi connectivity index (χ1n) is 22.9. The highest BCUT2D eigenvalue weighted by molar-refractivity contribution is 7.26. The summed E-state index contributed by atoms with van der Waals surface area (Å²) >= 11 is 1.88. The van der Waals surface area contributed by atoms with Gasteiger partial charge in [-0.25, -0.2) is 0 Å². The summed E-state index contributed by atoms with van der Waals surface area (Å²) < 4.78 is 15.9. The summed E-state index contributed by atoms with van der Waals surface area (Å²) in [5.41, 5.74) is 13.2. The van der Waals surface area contributed by atoms with Crippen molar-refractivity contribution in [3.8, 4) is 44.5 Å². The van der Waals surface area contributed by atoms with Crippen molar-refractivity contribution in [2.24, 2.45) is 0 Å². The largest absolute Gasteiger partial charge is 0.455 e. The Balaban J connectivity index is 0.957. The molecule has 0 bridgehead atoms. The summed E-state index contributed by atoms with van der Waals surface area (Å²) in [6, 6.07) is 79.6. The second-order valence-electron chi connectivity index (χ2n) is 17.7. The molecule has 0 saturated heterocycles. The minimum absolute atomic E-state index is 0.907. The molecule has 0 atom stereocenters. The van der Waals surface area contributed by atoms with Gasteiger partial charge in [0.05, 0.1) is 0 Å². The average molecular weight is 869 g/mol. The van der Waals surface area contributed by atoms with Gasteiger partial charge in [-0.2, -0.15) is 0 Å². The van der Waals surface area contributed by atoms with Crippen molar-refractivity contribution in [3.05, 3.63) is 218 Å². The van der Waals surface area contributed by atoms with Crippen LogP contribution in [0.3, 0.4) is 0 Å². The molecule has 0 saturated carbocycles. The van der Waals surface area contributed by atoms with E-state index in [1.807, 2.05) is 23.5 Å². The molecule has 0 radical (unpaired) electrons. The van der Waals surface area contributed by atoms with Crippen molar-refractivity contribution in [3.63, 3.8) is 0 Å². The number of furan rings is 2. The van der Waals surface area contributed by atoms with E-state index in [0.29, 0.717) is 0 Å². The number of hydrogen-bond acceptors (Lipinski definition) is 3. The first-order chi connectivity index (χ1) is 33.3. The van der Waals surface area contributed by atoms with Crippen LogP contribution in [0.15, 0.2) is 227 Å². The SMILES string of the molecule is c1ccc2c(c1)oc1c(-c3c4ccccc4c(-c4ccc5c(c4)sc4cccc(-c6c7ccccc7c(-c7cccc8c7oc7ccccc78)c7ccccc67)c45)c4ccccc34)cccc12. The number of fused-ring (bicyclic) bond motifs is 13. The van der Waals surface area contributed by atoms with Crippen molar-refractivity contribution in [1.82, 2.24) is 0 Å². The van der Waals surface area contributed by atoms with Gasteiger partial charge in [-0.15, -0.1) is 11.3 Å². The van der Waals surface area contributed by atoms with E-state index < -0.39 is 0 Å². The van der Waals surface area contributed by atoms with Crippen LogP contribution < -0.4 is 0 Å². The van der Waals surface area contributed by atoms with Gasteiger partial charge < -0.3 is 8.83 Å². The maximum Gasteiger partial charge on any atom is 0.143 e. The monoisotopic (exact) mass is 868 g/mol. The molecular weight excluding hydrogens is 833 g/mol. The summed E-state index contributed by atoms with van der Waals surface area (Å²) in [5.74, 6) is 0. The lowest BCUT2D eigenvalue weighted by Gasteiger charge is -2.18. The normalized spacial score (nSPS) is 12.2. The predicted octanol–water partition coefficient (Wildman–Crippen LogP) is 19.1. The van der Waals surface area contributed by atoms with Crippen LogP contribution in [0.5, 0.6) is 0 Å². The van der Waals surface area contributed by atoms with Gasteiger partial charge in [0.2, 0.25) is 0 Å². The van der Waals surface area contributed by atoms with Gasteiger partial charge in [-0.3, -0.25) is 0 Å². The standard InChI is InChI=1S/C64H36O2S/c1-3-20-42-40(18-1)58(41-19-2-4-21-43(41)60(42)52-29-13-26-48-38-16-9-11-31-54(38)65-63(48)52)37-34-35-50-57(36-37)67-56-33-15-28-51(62(50)56)59-44-22-5-7-24-46(44)61(47-25-8-6-23-45(47)59)53-30-14-27-49-39-17-10-12-32-55(39)66-64(49)53/h1-36H. The number of para-hydroxylation sites is 4. The second-order valence-corrected chi connectivity index (χ2v) is 18.8. The number of rotatable bonds is 4. The van der Waals surface area contributed by atoms with Crippen molar-refractivity contribution < 1.29 is 8.83 Å². The molecule has 15 rings (SSSR count). The Kier molecular flexibility index (Phi) is 7.69. The van der Waals surface area contributed by atoms with E-state index in [0.717, 1.165) is 55.0 Å². The number of thiophene rings is 1. The summed E-state index contributed by atoms with van der Waals surface area (Å²) in [6.45, 7) is 0. The van der Waals surface area contributed by atoms with Gasteiger partial charge in [-0.05, 0) is 89.6 Å².